The number of carbonyl (C=O) groups is 2. The van der Waals surface area contributed by atoms with Crippen molar-refractivity contribution < 1.29 is 14.0 Å². The van der Waals surface area contributed by atoms with Gasteiger partial charge < -0.3 is 27.0 Å². The van der Waals surface area contributed by atoms with Crippen LogP contribution in [0.25, 0.3) is 22.5 Å². The molecule has 2 atom stereocenters. The summed E-state index contributed by atoms with van der Waals surface area (Å²) in [5, 5.41) is 24.1. The average Bonchev–Trinajstić information content (AvgIpc) is 3.84. The van der Waals surface area contributed by atoms with Crippen LogP contribution >= 0.6 is 0 Å². The van der Waals surface area contributed by atoms with Gasteiger partial charge in [-0.2, -0.15) is 10.2 Å². The van der Waals surface area contributed by atoms with Crippen molar-refractivity contribution in [2.45, 2.75) is 31.5 Å². The summed E-state index contributed by atoms with van der Waals surface area (Å²) in [4.78, 5) is 38.2. The molecule has 308 valence electrons. The maximum absolute atomic E-state index is 13.3. The summed E-state index contributed by atoms with van der Waals surface area (Å²) in [5.74, 6) is 1.81. The van der Waals surface area contributed by atoms with Gasteiger partial charge in [-0.3, -0.25) is 29.3 Å². The fourth-order valence-corrected chi connectivity index (χ4v) is 6.14. The molecule has 2 aromatic carbocycles. The van der Waals surface area contributed by atoms with E-state index in [0.717, 1.165) is 45.3 Å². The zero-order valence-electron chi connectivity index (χ0n) is 33.8. The van der Waals surface area contributed by atoms with Crippen LogP contribution in [0, 0.1) is 5.82 Å². The van der Waals surface area contributed by atoms with Crippen molar-refractivity contribution in [1.29, 1.82) is 0 Å². The van der Waals surface area contributed by atoms with Gasteiger partial charge in [-0.15, -0.1) is 0 Å². The number of pyridine rings is 3. The zero-order chi connectivity index (χ0) is 42.4. The van der Waals surface area contributed by atoms with E-state index in [-0.39, 0.29) is 11.8 Å². The molecule has 0 bridgehead atoms. The Bertz CT molecular complexity index is 2470. The summed E-state index contributed by atoms with van der Waals surface area (Å²) in [6.07, 6.45) is 5.54. The number of nitrogens with zero attached hydrogens (tertiary/aromatic N) is 7. The molecule has 7 N–H and O–H groups in total. The van der Waals surface area contributed by atoms with Gasteiger partial charge in [-0.05, 0) is 60.4 Å². The summed E-state index contributed by atoms with van der Waals surface area (Å²) in [7, 11) is 7.17. The Kier molecular flexibility index (Phi) is 14.4. The van der Waals surface area contributed by atoms with Crippen LogP contribution in [-0.4, -0.2) is 72.5 Å². The molecule has 0 aliphatic rings. The van der Waals surface area contributed by atoms with Crippen molar-refractivity contribution in [1.82, 2.24) is 39.8 Å². The van der Waals surface area contributed by atoms with Crippen LogP contribution in [-0.2, 0) is 43.1 Å². The zero-order valence-corrected chi connectivity index (χ0v) is 33.8. The van der Waals surface area contributed by atoms with Crippen LogP contribution in [0.4, 0.5) is 27.7 Å². The van der Waals surface area contributed by atoms with E-state index in [1.54, 1.807) is 49.0 Å². The number of hydrogen-bond donors (Lipinski definition) is 6. The largest absolute Gasteiger partial charge is 0.373 e. The highest BCUT2D eigenvalue weighted by Crippen LogP contribution is 2.24. The SMILES string of the molecule is CNc1cc(-c2cc(NC(=O)[C@@H](N)Cc3ccccc3)n(C)n2)ccn1.CNc1cc(-c2cc(NC(=O)[C@H](Cc3ccccc3)NCc3ccc(F)cn3)n(C)n2)ccn1. The lowest BCUT2D eigenvalue weighted by Gasteiger charge is -2.18. The molecule has 5 heterocycles. The first kappa shape index (κ1) is 42.3. The van der Waals surface area contributed by atoms with Crippen LogP contribution in [0.5, 0.6) is 0 Å². The molecule has 0 aliphatic heterocycles. The second kappa shape index (κ2) is 20.4. The second-order valence-corrected chi connectivity index (χ2v) is 13.8. The molecule has 5 aromatic heterocycles. The lowest BCUT2D eigenvalue weighted by molar-refractivity contribution is -0.118. The van der Waals surface area contributed by atoms with E-state index in [1.165, 1.54) is 12.3 Å². The van der Waals surface area contributed by atoms with Gasteiger partial charge in [0, 0.05) is 70.4 Å². The molecule has 0 fully saturated rings. The minimum atomic E-state index is -0.632. The van der Waals surface area contributed by atoms with Gasteiger partial charge in [0.1, 0.15) is 29.1 Å². The van der Waals surface area contributed by atoms with Crippen molar-refractivity contribution in [2.24, 2.45) is 19.8 Å². The number of anilines is 4. The van der Waals surface area contributed by atoms with E-state index < -0.39 is 17.9 Å². The minimum absolute atomic E-state index is 0.203. The quantitative estimate of drug-likeness (QED) is 0.0774. The van der Waals surface area contributed by atoms with Crippen LogP contribution in [0.1, 0.15) is 16.8 Å². The molecule has 2 amide bonds. The Labute approximate surface area is 347 Å². The average molecular weight is 810 g/mol. The Morgan fingerprint density at radius 1 is 0.667 bits per heavy atom. The summed E-state index contributed by atoms with van der Waals surface area (Å²) >= 11 is 0. The fraction of sp³-hybridized carbons (Fsp3) is 0.205. The van der Waals surface area contributed by atoms with Crippen LogP contribution in [0.3, 0.4) is 0 Å². The van der Waals surface area contributed by atoms with E-state index >= 15 is 0 Å². The lowest BCUT2D eigenvalue weighted by atomic mass is 10.1. The molecule has 16 heteroatoms. The van der Waals surface area contributed by atoms with Gasteiger partial charge in [0.2, 0.25) is 11.8 Å². The van der Waals surface area contributed by atoms with Crippen molar-refractivity contribution in [3.05, 3.63) is 150 Å². The minimum Gasteiger partial charge on any atom is -0.373 e. The molecule has 0 saturated heterocycles. The predicted octanol–water partition coefficient (Wildman–Crippen LogP) is 5.43. The predicted molar refractivity (Wildman–Crippen MR) is 232 cm³/mol. The van der Waals surface area contributed by atoms with Gasteiger partial charge in [-0.1, -0.05) is 60.7 Å². The smallest absolute Gasteiger partial charge is 0.243 e. The first-order valence-electron chi connectivity index (χ1n) is 19.2. The summed E-state index contributed by atoms with van der Waals surface area (Å²) in [6, 6.07) is 32.4. The standard InChI is InChI=1S/C25H26FN7O.C19H22N6O/c1-27-23-13-18(10-11-28-23)21-14-24(33(2)32-21)31-25(34)22(12-17-6-4-3-5-7-17)30-16-20-9-8-19(26)15-29-20;1-21-17-11-14(8-9-22-17)16-12-18(25(2)24-16)23-19(26)15(20)10-13-6-4-3-5-7-13/h3-11,13-15,22,30H,12,16H2,1-2H3,(H,27,28)(H,31,34);3-9,11-12,15H,10,20H2,1-2H3,(H,21,22)(H,23,26)/t22-;15-/m00/s1. The summed E-state index contributed by atoms with van der Waals surface area (Å²) < 4.78 is 16.4. The number of nitrogens with two attached hydrogens (primary N) is 1. The van der Waals surface area contributed by atoms with Crippen LogP contribution in [0.2, 0.25) is 0 Å². The van der Waals surface area contributed by atoms with Gasteiger partial charge in [0.15, 0.2) is 0 Å². The molecule has 0 aliphatic carbocycles. The topological polar surface area (TPSA) is 195 Å². The van der Waals surface area contributed by atoms with Gasteiger partial charge in [-0.25, -0.2) is 14.4 Å². The molecule has 0 spiro atoms. The summed E-state index contributed by atoms with van der Waals surface area (Å²) in [5.41, 5.74) is 12.0. The number of rotatable bonds is 15. The maximum atomic E-state index is 13.3. The molecular weight excluding hydrogens is 762 g/mol. The van der Waals surface area contributed by atoms with E-state index in [1.807, 2.05) is 104 Å². The van der Waals surface area contributed by atoms with E-state index in [2.05, 4.69) is 51.7 Å². The number of halogens is 1. The normalized spacial score (nSPS) is 11.8. The molecular formula is C44H48FN13O2. The Hall–Kier alpha value is -7.30. The first-order valence-corrected chi connectivity index (χ1v) is 19.2. The highest BCUT2D eigenvalue weighted by atomic mass is 19.1. The molecule has 0 radical (unpaired) electrons. The van der Waals surface area contributed by atoms with E-state index in [4.69, 9.17) is 5.73 Å². The molecule has 60 heavy (non-hydrogen) atoms. The summed E-state index contributed by atoms with van der Waals surface area (Å²) in [6.45, 7) is 0.325. The Balaban J connectivity index is 0.000000209. The number of nitrogens with one attached hydrogen (secondary N) is 5. The van der Waals surface area contributed by atoms with Crippen molar-refractivity contribution in [3.63, 3.8) is 0 Å². The van der Waals surface area contributed by atoms with Crippen LogP contribution < -0.4 is 32.3 Å². The third-order valence-corrected chi connectivity index (χ3v) is 9.44. The molecule has 0 saturated carbocycles. The molecule has 7 aromatic rings. The molecule has 7 rings (SSSR count). The number of hydrogen-bond acceptors (Lipinski definition) is 11. The molecule has 0 unspecified atom stereocenters. The maximum Gasteiger partial charge on any atom is 0.243 e. The number of carbonyl (C=O) groups excluding carboxylic acids is 2. The highest BCUT2D eigenvalue weighted by Gasteiger charge is 2.21. The second-order valence-electron chi connectivity index (χ2n) is 13.8. The number of benzene rings is 2. The van der Waals surface area contributed by atoms with Crippen molar-refractivity contribution in [3.8, 4) is 22.5 Å². The lowest BCUT2D eigenvalue weighted by Crippen LogP contribution is -2.42. The Morgan fingerprint density at radius 3 is 1.68 bits per heavy atom. The van der Waals surface area contributed by atoms with Crippen molar-refractivity contribution in [2.75, 3.05) is 35.4 Å². The van der Waals surface area contributed by atoms with Gasteiger partial charge in [0.05, 0.1) is 35.4 Å². The third kappa shape index (κ3) is 11.6. The van der Waals surface area contributed by atoms with Crippen molar-refractivity contribution >= 4 is 35.1 Å². The fourth-order valence-electron chi connectivity index (χ4n) is 6.14. The van der Waals surface area contributed by atoms with E-state index in [0.29, 0.717) is 36.7 Å². The number of aryl methyl sites for hydroxylation is 2. The monoisotopic (exact) mass is 809 g/mol. The highest BCUT2D eigenvalue weighted by molar-refractivity contribution is 5.95. The van der Waals surface area contributed by atoms with Gasteiger partial charge >= 0.3 is 0 Å². The molecule has 15 nitrogen and oxygen atoms in total. The first-order chi connectivity index (χ1) is 29.1. The van der Waals surface area contributed by atoms with Crippen LogP contribution in [0.15, 0.2) is 128 Å². The number of aromatic nitrogens is 7. The number of amides is 2. The Morgan fingerprint density at radius 2 is 1.18 bits per heavy atom. The van der Waals surface area contributed by atoms with E-state index in [9.17, 15) is 14.0 Å². The van der Waals surface area contributed by atoms with Gasteiger partial charge in [0.25, 0.3) is 0 Å². The third-order valence-electron chi connectivity index (χ3n) is 9.44.